The van der Waals surface area contributed by atoms with Gasteiger partial charge in [0.05, 0.1) is 17.7 Å². The number of hydrogen-bond acceptors (Lipinski definition) is 3. The minimum Gasteiger partial charge on any atom is -0.495 e. The quantitative estimate of drug-likeness (QED) is 0.820. The summed E-state index contributed by atoms with van der Waals surface area (Å²) in [4.78, 5) is 12.2. The summed E-state index contributed by atoms with van der Waals surface area (Å²) in [7, 11) is 1.51. The van der Waals surface area contributed by atoms with E-state index in [-0.39, 0.29) is 5.91 Å². The van der Waals surface area contributed by atoms with Crippen molar-refractivity contribution in [1.82, 2.24) is 0 Å². The standard InChI is InChI=1S/C14H12BrClN2O2/c1-20-13-7-9(3-5-11(13)16)18-14(19)10-4-2-8(15)6-12(10)17/h2-7H,17H2,1H3,(H,18,19). The van der Waals surface area contributed by atoms with Crippen molar-refractivity contribution in [3.63, 3.8) is 0 Å². The van der Waals surface area contributed by atoms with Gasteiger partial charge in [-0.15, -0.1) is 0 Å². The van der Waals surface area contributed by atoms with E-state index in [9.17, 15) is 4.79 Å². The predicted octanol–water partition coefficient (Wildman–Crippen LogP) is 3.95. The number of rotatable bonds is 3. The number of methoxy groups -OCH3 is 1. The Bertz CT molecular complexity index is 662. The fraction of sp³-hybridized carbons (Fsp3) is 0.0714. The van der Waals surface area contributed by atoms with Gasteiger partial charge in [-0.1, -0.05) is 27.5 Å². The van der Waals surface area contributed by atoms with Crippen LogP contribution in [0.5, 0.6) is 5.75 Å². The molecule has 0 fully saturated rings. The summed E-state index contributed by atoms with van der Waals surface area (Å²) < 4.78 is 5.92. The van der Waals surface area contributed by atoms with Gasteiger partial charge >= 0.3 is 0 Å². The van der Waals surface area contributed by atoms with Crippen LogP contribution in [0.4, 0.5) is 11.4 Å². The molecule has 0 bridgehead atoms. The molecular weight excluding hydrogens is 344 g/mol. The first kappa shape index (κ1) is 14.7. The molecule has 0 heterocycles. The Morgan fingerprint density at radius 3 is 2.70 bits per heavy atom. The monoisotopic (exact) mass is 354 g/mol. The van der Waals surface area contributed by atoms with E-state index >= 15 is 0 Å². The third-order valence-corrected chi connectivity index (χ3v) is 3.47. The van der Waals surface area contributed by atoms with Gasteiger partial charge in [-0.05, 0) is 30.3 Å². The van der Waals surface area contributed by atoms with Crippen LogP contribution in [-0.2, 0) is 0 Å². The van der Waals surface area contributed by atoms with E-state index in [1.165, 1.54) is 7.11 Å². The van der Waals surface area contributed by atoms with E-state index in [2.05, 4.69) is 21.2 Å². The molecular formula is C14H12BrClN2O2. The SMILES string of the molecule is COc1cc(NC(=O)c2ccc(Br)cc2N)ccc1Cl. The fourth-order valence-corrected chi connectivity index (χ4v) is 2.25. The molecule has 6 heteroatoms. The molecule has 104 valence electrons. The zero-order chi connectivity index (χ0) is 14.7. The van der Waals surface area contributed by atoms with Gasteiger partial charge in [-0.25, -0.2) is 0 Å². The molecule has 0 spiro atoms. The maximum Gasteiger partial charge on any atom is 0.257 e. The second-order valence-electron chi connectivity index (χ2n) is 4.04. The van der Waals surface area contributed by atoms with Crippen molar-refractivity contribution in [2.45, 2.75) is 0 Å². The summed E-state index contributed by atoms with van der Waals surface area (Å²) in [6.07, 6.45) is 0. The Morgan fingerprint density at radius 2 is 2.05 bits per heavy atom. The fourth-order valence-electron chi connectivity index (χ4n) is 1.68. The zero-order valence-electron chi connectivity index (χ0n) is 10.6. The molecule has 4 nitrogen and oxygen atoms in total. The molecule has 2 aromatic carbocycles. The lowest BCUT2D eigenvalue weighted by Gasteiger charge is -2.10. The summed E-state index contributed by atoms with van der Waals surface area (Å²) in [6.45, 7) is 0. The van der Waals surface area contributed by atoms with Crippen LogP contribution in [0.2, 0.25) is 5.02 Å². The van der Waals surface area contributed by atoms with Gasteiger partial charge < -0.3 is 15.8 Å². The molecule has 1 amide bonds. The van der Waals surface area contributed by atoms with Crippen molar-refractivity contribution >= 4 is 44.8 Å². The van der Waals surface area contributed by atoms with Crippen molar-refractivity contribution < 1.29 is 9.53 Å². The minimum absolute atomic E-state index is 0.292. The highest BCUT2D eigenvalue weighted by molar-refractivity contribution is 9.10. The smallest absolute Gasteiger partial charge is 0.257 e. The number of halogens is 2. The first-order valence-electron chi connectivity index (χ1n) is 5.71. The molecule has 0 aliphatic carbocycles. The molecule has 0 atom stereocenters. The average molecular weight is 356 g/mol. The van der Waals surface area contributed by atoms with Crippen LogP contribution in [0.25, 0.3) is 0 Å². The van der Waals surface area contributed by atoms with Crippen molar-refractivity contribution in [2.75, 3.05) is 18.2 Å². The van der Waals surface area contributed by atoms with Crippen LogP contribution in [0.15, 0.2) is 40.9 Å². The first-order valence-corrected chi connectivity index (χ1v) is 6.88. The van der Waals surface area contributed by atoms with Gasteiger partial charge in [0, 0.05) is 21.9 Å². The summed E-state index contributed by atoms with van der Waals surface area (Å²) in [5.41, 5.74) is 7.21. The Balaban J connectivity index is 2.23. The molecule has 0 aromatic heterocycles. The third kappa shape index (κ3) is 3.23. The Kier molecular flexibility index (Phi) is 4.52. The lowest BCUT2D eigenvalue weighted by molar-refractivity contribution is 0.102. The van der Waals surface area contributed by atoms with Crippen LogP contribution in [0.3, 0.4) is 0 Å². The van der Waals surface area contributed by atoms with Crippen LogP contribution in [-0.4, -0.2) is 13.0 Å². The molecule has 0 unspecified atom stereocenters. The van der Waals surface area contributed by atoms with E-state index in [0.717, 1.165) is 4.47 Å². The van der Waals surface area contributed by atoms with Gasteiger partial charge in [0.1, 0.15) is 5.75 Å². The number of ether oxygens (including phenoxy) is 1. The molecule has 2 rings (SSSR count). The van der Waals surface area contributed by atoms with Crippen molar-refractivity contribution in [2.24, 2.45) is 0 Å². The summed E-state index contributed by atoms with van der Waals surface area (Å²) >= 11 is 9.23. The number of nitrogens with one attached hydrogen (secondary N) is 1. The van der Waals surface area contributed by atoms with E-state index < -0.39 is 0 Å². The molecule has 3 N–H and O–H groups in total. The van der Waals surface area contributed by atoms with Gasteiger partial charge in [0.25, 0.3) is 5.91 Å². The van der Waals surface area contributed by atoms with Crippen molar-refractivity contribution in [1.29, 1.82) is 0 Å². The molecule has 0 aliphatic heterocycles. The van der Waals surface area contributed by atoms with Crippen LogP contribution in [0, 0.1) is 0 Å². The number of nitrogen functional groups attached to an aromatic ring is 1. The largest absolute Gasteiger partial charge is 0.495 e. The lowest BCUT2D eigenvalue weighted by atomic mass is 10.1. The Labute approximate surface area is 130 Å². The van der Waals surface area contributed by atoms with Crippen LogP contribution in [0.1, 0.15) is 10.4 Å². The van der Waals surface area contributed by atoms with Gasteiger partial charge in [-0.3, -0.25) is 4.79 Å². The first-order chi connectivity index (χ1) is 9.51. The maximum atomic E-state index is 12.2. The molecule has 0 saturated heterocycles. The van der Waals surface area contributed by atoms with Gasteiger partial charge in [0.15, 0.2) is 0 Å². The highest BCUT2D eigenvalue weighted by atomic mass is 79.9. The number of nitrogens with two attached hydrogens (primary N) is 1. The molecule has 0 saturated carbocycles. The molecule has 20 heavy (non-hydrogen) atoms. The number of carbonyl (C=O) groups excluding carboxylic acids is 1. The van der Waals surface area contributed by atoms with Crippen molar-refractivity contribution in [3.05, 3.63) is 51.5 Å². The highest BCUT2D eigenvalue weighted by Crippen LogP contribution is 2.28. The Morgan fingerprint density at radius 1 is 1.30 bits per heavy atom. The zero-order valence-corrected chi connectivity index (χ0v) is 13.0. The van der Waals surface area contributed by atoms with Gasteiger partial charge in [-0.2, -0.15) is 0 Å². The maximum absolute atomic E-state index is 12.2. The second-order valence-corrected chi connectivity index (χ2v) is 5.36. The lowest BCUT2D eigenvalue weighted by Crippen LogP contribution is -2.14. The van der Waals surface area contributed by atoms with Crippen LogP contribution < -0.4 is 15.8 Å². The topological polar surface area (TPSA) is 64.3 Å². The minimum atomic E-state index is -0.292. The predicted molar refractivity (Wildman–Crippen MR) is 84.5 cm³/mol. The average Bonchev–Trinajstić information content (AvgIpc) is 2.40. The number of amides is 1. The summed E-state index contributed by atoms with van der Waals surface area (Å²) in [5.74, 6) is 0.202. The van der Waals surface area contributed by atoms with Gasteiger partial charge in [0.2, 0.25) is 0 Å². The molecule has 0 aliphatic rings. The summed E-state index contributed by atoms with van der Waals surface area (Å²) in [6, 6.07) is 10.1. The highest BCUT2D eigenvalue weighted by Gasteiger charge is 2.11. The number of benzene rings is 2. The normalized spacial score (nSPS) is 10.2. The summed E-state index contributed by atoms with van der Waals surface area (Å²) in [5, 5.41) is 3.23. The van der Waals surface area contributed by atoms with E-state index in [4.69, 9.17) is 22.1 Å². The second kappa shape index (κ2) is 6.15. The van der Waals surface area contributed by atoms with E-state index in [1.807, 2.05) is 0 Å². The van der Waals surface area contributed by atoms with E-state index in [1.54, 1.807) is 36.4 Å². The number of hydrogen-bond donors (Lipinski definition) is 2. The third-order valence-electron chi connectivity index (χ3n) is 2.67. The van der Waals surface area contributed by atoms with Crippen molar-refractivity contribution in [3.8, 4) is 5.75 Å². The number of anilines is 2. The molecule has 0 radical (unpaired) electrons. The Hall–Kier alpha value is -1.72. The van der Waals surface area contributed by atoms with E-state index in [0.29, 0.717) is 27.7 Å². The van der Waals surface area contributed by atoms with Crippen LogP contribution >= 0.6 is 27.5 Å². The molecule has 2 aromatic rings. The number of carbonyl (C=O) groups is 1.